The third-order valence-corrected chi connectivity index (χ3v) is 8.68. The highest BCUT2D eigenvalue weighted by Crippen LogP contribution is 2.38. The Kier molecular flexibility index (Phi) is 9.47. The first kappa shape index (κ1) is 27.9. The smallest absolute Gasteiger partial charge is 0.134 e. The molecule has 5 heteroatoms. The van der Waals surface area contributed by atoms with E-state index < -0.39 is 0 Å². The molecule has 0 radical (unpaired) electrons. The van der Waals surface area contributed by atoms with Crippen molar-refractivity contribution in [3.63, 3.8) is 0 Å². The van der Waals surface area contributed by atoms with Gasteiger partial charge in [0.15, 0.2) is 0 Å². The van der Waals surface area contributed by atoms with E-state index in [1.54, 1.807) is 12.1 Å². The Morgan fingerprint density at radius 1 is 1.00 bits per heavy atom. The van der Waals surface area contributed by atoms with Gasteiger partial charge in [0.2, 0.25) is 0 Å². The van der Waals surface area contributed by atoms with Gasteiger partial charge in [-0.25, -0.2) is 4.39 Å². The number of hydrogen-bond acceptors (Lipinski definition) is 2. The summed E-state index contributed by atoms with van der Waals surface area (Å²) in [5.41, 5.74) is 10.3. The van der Waals surface area contributed by atoms with Crippen LogP contribution in [0.1, 0.15) is 93.2 Å². The van der Waals surface area contributed by atoms with E-state index in [-0.39, 0.29) is 36.0 Å². The third-order valence-electron chi connectivity index (χ3n) is 8.68. The Hall–Kier alpha value is -2.17. The van der Waals surface area contributed by atoms with Gasteiger partial charge in [-0.05, 0) is 92.2 Å². The van der Waals surface area contributed by atoms with E-state index in [2.05, 4.69) is 41.1 Å². The van der Waals surface area contributed by atoms with Crippen molar-refractivity contribution in [2.24, 2.45) is 17.6 Å². The largest absolute Gasteiger partial charge is 0.347 e. The highest BCUT2D eigenvalue weighted by Gasteiger charge is 2.27. The number of nitrogens with zero attached hydrogens (tertiary/aromatic N) is 1. The molecule has 0 spiro atoms. The van der Waals surface area contributed by atoms with Crippen LogP contribution >= 0.6 is 12.4 Å². The van der Waals surface area contributed by atoms with Gasteiger partial charge < -0.3 is 10.3 Å². The monoisotopic (exact) mass is 524 g/mol. The van der Waals surface area contributed by atoms with Crippen molar-refractivity contribution in [2.75, 3.05) is 0 Å². The number of ketones is 1. The first-order chi connectivity index (χ1) is 17.5. The standard InChI is InChI=1S/C32H41FN2O.ClH/c1-22-15-25(18-26(33)16-22)30(19-28(36)17-23-11-13-27(34)14-12-23)31-21-35(20-24-7-3-2-4-8-24)32-10-6-5-9-29(31)32;/h5-6,9-10,15-16,18,21,23-24,27,30H,2-4,7-8,11-14,17,19-20,34H2,1H3;1H. The summed E-state index contributed by atoms with van der Waals surface area (Å²) < 4.78 is 17.0. The highest BCUT2D eigenvalue weighted by molar-refractivity contribution is 5.87. The van der Waals surface area contributed by atoms with E-state index in [9.17, 15) is 9.18 Å². The molecule has 2 saturated carbocycles. The van der Waals surface area contributed by atoms with Crippen LogP contribution < -0.4 is 5.73 Å². The molecule has 1 aromatic heterocycles. The Bertz CT molecular complexity index is 1170. The molecule has 0 aliphatic heterocycles. The minimum atomic E-state index is -0.227. The summed E-state index contributed by atoms with van der Waals surface area (Å²) in [6.07, 6.45) is 14.0. The van der Waals surface area contributed by atoms with Crippen LogP contribution in [0.4, 0.5) is 4.39 Å². The molecular formula is C32H42ClFN2O. The molecule has 5 rings (SSSR count). The second-order valence-electron chi connectivity index (χ2n) is 11.6. The molecule has 2 aliphatic carbocycles. The van der Waals surface area contributed by atoms with E-state index in [0.29, 0.717) is 24.7 Å². The molecule has 0 bridgehead atoms. The third kappa shape index (κ3) is 6.83. The van der Waals surface area contributed by atoms with Crippen LogP contribution in [0.5, 0.6) is 0 Å². The normalized spacial score (nSPS) is 21.5. The Morgan fingerprint density at radius 3 is 2.46 bits per heavy atom. The molecule has 1 unspecified atom stereocenters. The topological polar surface area (TPSA) is 48.0 Å². The van der Waals surface area contributed by atoms with E-state index in [4.69, 9.17) is 5.73 Å². The first-order valence-electron chi connectivity index (χ1n) is 14.1. The van der Waals surface area contributed by atoms with Gasteiger partial charge in [0.05, 0.1) is 0 Å². The summed E-state index contributed by atoms with van der Waals surface area (Å²) in [5.74, 6) is 1.05. The van der Waals surface area contributed by atoms with E-state index >= 15 is 0 Å². The van der Waals surface area contributed by atoms with Crippen molar-refractivity contribution in [1.82, 2.24) is 4.57 Å². The minimum Gasteiger partial charge on any atom is -0.347 e. The molecule has 1 atom stereocenters. The number of fused-ring (bicyclic) bond motifs is 1. The number of hydrogen-bond donors (Lipinski definition) is 1. The van der Waals surface area contributed by atoms with E-state index in [1.165, 1.54) is 43.0 Å². The van der Waals surface area contributed by atoms with Crippen LogP contribution in [0, 0.1) is 24.6 Å². The zero-order valence-electron chi connectivity index (χ0n) is 22.1. The molecule has 200 valence electrons. The number of carbonyl (C=O) groups is 1. The quantitative estimate of drug-likeness (QED) is 0.323. The number of para-hydroxylation sites is 1. The number of rotatable bonds is 8. The van der Waals surface area contributed by atoms with E-state index in [1.807, 2.05) is 6.92 Å². The SMILES string of the molecule is Cc1cc(F)cc(C(CC(=O)CC2CCC(N)CC2)c2cn(CC3CCCCC3)c3ccccc23)c1.Cl. The zero-order valence-corrected chi connectivity index (χ0v) is 22.9. The van der Waals surface area contributed by atoms with Crippen molar-refractivity contribution in [1.29, 1.82) is 0 Å². The summed E-state index contributed by atoms with van der Waals surface area (Å²) in [5, 5.41) is 1.19. The molecule has 2 fully saturated rings. The molecule has 3 nitrogen and oxygen atoms in total. The summed E-state index contributed by atoms with van der Waals surface area (Å²) in [7, 11) is 0. The molecule has 2 aromatic carbocycles. The van der Waals surface area contributed by atoms with Gasteiger partial charge in [-0.1, -0.05) is 43.5 Å². The maximum absolute atomic E-state index is 14.6. The lowest BCUT2D eigenvalue weighted by molar-refractivity contribution is -0.120. The lowest BCUT2D eigenvalue weighted by Crippen LogP contribution is -2.27. The number of aryl methyl sites for hydroxylation is 1. The minimum absolute atomic E-state index is 0. The predicted molar refractivity (Wildman–Crippen MR) is 153 cm³/mol. The van der Waals surface area contributed by atoms with Crippen molar-refractivity contribution in [3.05, 3.63) is 71.2 Å². The van der Waals surface area contributed by atoms with Crippen molar-refractivity contribution >= 4 is 29.1 Å². The van der Waals surface area contributed by atoms with Crippen LogP contribution in [-0.2, 0) is 11.3 Å². The fourth-order valence-electron chi connectivity index (χ4n) is 6.75. The molecule has 2 N–H and O–H groups in total. The van der Waals surface area contributed by atoms with Gasteiger partial charge in [0, 0.05) is 48.4 Å². The van der Waals surface area contributed by atoms with Gasteiger partial charge in [0.1, 0.15) is 11.6 Å². The summed E-state index contributed by atoms with van der Waals surface area (Å²) in [6, 6.07) is 14.1. The summed E-state index contributed by atoms with van der Waals surface area (Å²) in [4.78, 5) is 13.4. The molecular weight excluding hydrogens is 483 g/mol. The van der Waals surface area contributed by atoms with Crippen molar-refractivity contribution in [2.45, 2.75) is 96.1 Å². The van der Waals surface area contributed by atoms with Crippen LogP contribution in [0.3, 0.4) is 0 Å². The number of benzene rings is 2. The number of carbonyl (C=O) groups excluding carboxylic acids is 1. The first-order valence-corrected chi connectivity index (χ1v) is 14.1. The molecule has 0 amide bonds. The molecule has 1 heterocycles. The van der Waals surface area contributed by atoms with Gasteiger partial charge in [-0.15, -0.1) is 12.4 Å². The van der Waals surface area contributed by atoms with E-state index in [0.717, 1.165) is 48.9 Å². The average molecular weight is 525 g/mol. The van der Waals surface area contributed by atoms with Gasteiger partial charge in [0.25, 0.3) is 0 Å². The fraction of sp³-hybridized carbons (Fsp3) is 0.531. The lowest BCUT2D eigenvalue weighted by Gasteiger charge is -2.26. The molecule has 3 aromatic rings. The van der Waals surface area contributed by atoms with Crippen LogP contribution in [-0.4, -0.2) is 16.4 Å². The summed E-state index contributed by atoms with van der Waals surface area (Å²) in [6.45, 7) is 2.95. The molecule has 37 heavy (non-hydrogen) atoms. The highest BCUT2D eigenvalue weighted by atomic mass is 35.5. The second kappa shape index (κ2) is 12.6. The average Bonchev–Trinajstić information content (AvgIpc) is 3.22. The van der Waals surface area contributed by atoms with Gasteiger partial charge >= 0.3 is 0 Å². The number of Topliss-reactive ketones (excluding diaryl/α,β-unsaturated/α-hetero) is 1. The second-order valence-corrected chi connectivity index (χ2v) is 11.6. The van der Waals surface area contributed by atoms with Crippen LogP contribution in [0.15, 0.2) is 48.7 Å². The Balaban J connectivity index is 0.00000320. The fourth-order valence-corrected chi connectivity index (χ4v) is 6.75. The number of halogens is 2. The number of nitrogens with two attached hydrogens (primary N) is 1. The Labute approximate surface area is 227 Å². The van der Waals surface area contributed by atoms with Crippen LogP contribution in [0.25, 0.3) is 10.9 Å². The maximum Gasteiger partial charge on any atom is 0.134 e. The predicted octanol–water partition coefficient (Wildman–Crippen LogP) is 8.09. The number of aromatic nitrogens is 1. The van der Waals surface area contributed by atoms with Crippen LogP contribution in [0.2, 0.25) is 0 Å². The lowest BCUT2D eigenvalue weighted by atomic mass is 9.80. The zero-order chi connectivity index (χ0) is 25.1. The molecule has 0 saturated heterocycles. The van der Waals surface area contributed by atoms with Gasteiger partial charge in [-0.2, -0.15) is 0 Å². The van der Waals surface area contributed by atoms with Gasteiger partial charge in [-0.3, -0.25) is 4.79 Å². The van der Waals surface area contributed by atoms with Crippen molar-refractivity contribution < 1.29 is 9.18 Å². The Morgan fingerprint density at radius 2 is 1.73 bits per heavy atom. The summed E-state index contributed by atoms with van der Waals surface area (Å²) >= 11 is 0. The maximum atomic E-state index is 14.6. The molecule has 2 aliphatic rings. The van der Waals surface area contributed by atoms with Crippen molar-refractivity contribution in [3.8, 4) is 0 Å².